The van der Waals surface area contributed by atoms with E-state index in [1.54, 1.807) is 0 Å². The van der Waals surface area contributed by atoms with Crippen molar-refractivity contribution in [2.45, 2.75) is 70.6 Å². The van der Waals surface area contributed by atoms with Gasteiger partial charge in [0, 0.05) is 24.6 Å². The molecule has 2 aliphatic rings. The van der Waals surface area contributed by atoms with Crippen LogP contribution in [0.25, 0.3) is 0 Å². The summed E-state index contributed by atoms with van der Waals surface area (Å²) in [6, 6.07) is 0.756. The van der Waals surface area contributed by atoms with Gasteiger partial charge in [0.15, 0.2) is 0 Å². The molecule has 1 heterocycles. The minimum atomic E-state index is -0.120. The second kappa shape index (κ2) is 5.74. The molecule has 20 heavy (non-hydrogen) atoms. The van der Waals surface area contributed by atoms with Gasteiger partial charge in [0.1, 0.15) is 10.6 Å². The summed E-state index contributed by atoms with van der Waals surface area (Å²) in [5, 5.41) is 4.80. The molecule has 112 valence electrons. The van der Waals surface area contributed by atoms with Crippen molar-refractivity contribution in [1.29, 1.82) is 0 Å². The van der Waals surface area contributed by atoms with Crippen LogP contribution in [0.1, 0.15) is 61.0 Å². The van der Waals surface area contributed by atoms with E-state index in [4.69, 9.17) is 9.72 Å². The zero-order valence-electron chi connectivity index (χ0n) is 12.9. The minimum absolute atomic E-state index is 0.120. The molecule has 2 aliphatic carbocycles. The topological polar surface area (TPSA) is 34.1 Å². The number of hydrogen-bond donors (Lipinski definition) is 1. The van der Waals surface area contributed by atoms with Gasteiger partial charge in [-0.2, -0.15) is 0 Å². The highest BCUT2D eigenvalue weighted by Gasteiger charge is 2.39. The van der Waals surface area contributed by atoms with Gasteiger partial charge in [0.25, 0.3) is 0 Å². The van der Waals surface area contributed by atoms with Crippen molar-refractivity contribution in [1.82, 2.24) is 10.3 Å². The largest absolute Gasteiger partial charge is 0.371 e. The lowest BCUT2D eigenvalue weighted by Gasteiger charge is -2.37. The SMILES string of the molecule is COC1(c2nc(C)c(CNC3CC3)s2)CCCC(C)C1. The number of methoxy groups -OCH3 is 1. The lowest BCUT2D eigenvalue weighted by molar-refractivity contribution is -0.0581. The van der Waals surface area contributed by atoms with Crippen molar-refractivity contribution < 1.29 is 4.74 Å². The lowest BCUT2D eigenvalue weighted by Crippen LogP contribution is -2.34. The standard InChI is InChI=1S/C16H26N2OS/c1-11-5-4-8-16(9-11,19-3)15-18-12(2)14(20-15)10-17-13-6-7-13/h11,13,17H,4-10H2,1-3H3. The molecule has 0 aromatic carbocycles. The van der Waals surface area contributed by atoms with Gasteiger partial charge in [-0.15, -0.1) is 11.3 Å². The van der Waals surface area contributed by atoms with Crippen LogP contribution >= 0.6 is 11.3 Å². The van der Waals surface area contributed by atoms with Crippen molar-refractivity contribution >= 4 is 11.3 Å². The van der Waals surface area contributed by atoms with Gasteiger partial charge in [-0.05, 0) is 44.9 Å². The third kappa shape index (κ3) is 2.92. The first-order valence-electron chi connectivity index (χ1n) is 7.88. The molecule has 0 saturated heterocycles. The van der Waals surface area contributed by atoms with Crippen molar-refractivity contribution in [2.75, 3.05) is 7.11 Å². The predicted molar refractivity (Wildman–Crippen MR) is 83.0 cm³/mol. The Morgan fingerprint density at radius 2 is 2.20 bits per heavy atom. The maximum atomic E-state index is 5.97. The summed E-state index contributed by atoms with van der Waals surface area (Å²) in [5.74, 6) is 0.737. The number of aromatic nitrogens is 1. The second-order valence-corrected chi connectivity index (χ2v) is 7.67. The Balaban J connectivity index is 1.78. The van der Waals surface area contributed by atoms with Crippen LogP contribution < -0.4 is 5.32 Å². The van der Waals surface area contributed by atoms with Crippen molar-refractivity contribution in [3.8, 4) is 0 Å². The molecule has 2 fully saturated rings. The highest BCUT2D eigenvalue weighted by molar-refractivity contribution is 7.11. The van der Waals surface area contributed by atoms with E-state index in [0.717, 1.165) is 31.3 Å². The fourth-order valence-corrected chi connectivity index (χ4v) is 4.50. The van der Waals surface area contributed by atoms with E-state index in [1.807, 2.05) is 18.4 Å². The van der Waals surface area contributed by atoms with Crippen LogP contribution in [0.4, 0.5) is 0 Å². The van der Waals surface area contributed by atoms with Crippen molar-refractivity contribution in [2.24, 2.45) is 5.92 Å². The summed E-state index contributed by atoms with van der Waals surface area (Å²) in [4.78, 5) is 6.25. The van der Waals surface area contributed by atoms with Crippen LogP contribution in [0.15, 0.2) is 0 Å². The summed E-state index contributed by atoms with van der Waals surface area (Å²) in [6.07, 6.45) is 7.49. The van der Waals surface area contributed by atoms with Crippen LogP contribution in [-0.4, -0.2) is 18.1 Å². The minimum Gasteiger partial charge on any atom is -0.371 e. The Bertz CT molecular complexity index is 469. The molecular weight excluding hydrogens is 268 g/mol. The van der Waals surface area contributed by atoms with E-state index in [1.165, 1.54) is 41.3 Å². The maximum Gasteiger partial charge on any atom is 0.125 e. The first-order chi connectivity index (χ1) is 9.63. The molecule has 2 atom stereocenters. The van der Waals surface area contributed by atoms with Gasteiger partial charge < -0.3 is 10.1 Å². The average molecular weight is 294 g/mol. The predicted octanol–water partition coefficient (Wildman–Crippen LogP) is 3.76. The molecule has 0 aliphatic heterocycles. The van der Waals surface area contributed by atoms with Gasteiger partial charge in [0.2, 0.25) is 0 Å². The molecule has 1 aromatic heterocycles. The maximum absolute atomic E-state index is 5.97. The van der Waals surface area contributed by atoms with Crippen LogP contribution in [-0.2, 0) is 16.9 Å². The van der Waals surface area contributed by atoms with Crippen molar-refractivity contribution in [3.63, 3.8) is 0 Å². The first kappa shape index (κ1) is 14.5. The number of hydrogen-bond acceptors (Lipinski definition) is 4. The van der Waals surface area contributed by atoms with Crippen molar-refractivity contribution in [3.05, 3.63) is 15.6 Å². The molecule has 3 nitrogen and oxygen atoms in total. The molecule has 1 aromatic rings. The summed E-state index contributed by atoms with van der Waals surface area (Å²) in [5.41, 5.74) is 1.07. The molecular formula is C16H26N2OS. The Hall–Kier alpha value is -0.450. The Kier molecular flexibility index (Phi) is 4.16. The summed E-state index contributed by atoms with van der Waals surface area (Å²) in [6.45, 7) is 5.45. The molecule has 3 rings (SSSR count). The number of nitrogens with one attached hydrogen (secondary N) is 1. The molecule has 0 spiro atoms. The fourth-order valence-electron chi connectivity index (χ4n) is 3.28. The molecule has 0 amide bonds. The van der Waals surface area contributed by atoms with Crippen LogP contribution in [0.5, 0.6) is 0 Å². The third-order valence-corrected chi connectivity index (χ3v) is 6.10. The van der Waals surface area contributed by atoms with Gasteiger partial charge in [-0.25, -0.2) is 4.98 Å². The number of rotatable bonds is 5. The molecule has 0 radical (unpaired) electrons. The normalized spacial score (nSPS) is 30.6. The number of aryl methyl sites for hydroxylation is 1. The summed E-state index contributed by atoms with van der Waals surface area (Å²) < 4.78 is 5.97. The van der Waals surface area contributed by atoms with Crippen LogP contribution in [0.3, 0.4) is 0 Å². The first-order valence-corrected chi connectivity index (χ1v) is 8.70. The lowest BCUT2D eigenvalue weighted by atomic mass is 9.79. The highest BCUT2D eigenvalue weighted by atomic mass is 32.1. The fraction of sp³-hybridized carbons (Fsp3) is 0.812. The Labute approximate surface area is 126 Å². The van der Waals surface area contributed by atoms with E-state index in [-0.39, 0.29) is 5.60 Å². The van der Waals surface area contributed by atoms with Crippen LogP contribution in [0.2, 0.25) is 0 Å². The monoisotopic (exact) mass is 294 g/mol. The molecule has 1 N–H and O–H groups in total. The van der Waals surface area contributed by atoms with E-state index in [9.17, 15) is 0 Å². The Morgan fingerprint density at radius 1 is 1.40 bits per heavy atom. The van der Waals surface area contributed by atoms with Gasteiger partial charge in [-0.3, -0.25) is 0 Å². The zero-order valence-corrected chi connectivity index (χ0v) is 13.7. The third-order valence-electron chi connectivity index (χ3n) is 4.76. The number of ether oxygens (including phenoxy) is 1. The van der Waals surface area contributed by atoms with E-state index >= 15 is 0 Å². The molecule has 2 unspecified atom stereocenters. The average Bonchev–Trinajstić information content (AvgIpc) is 3.19. The summed E-state index contributed by atoms with van der Waals surface area (Å²) >= 11 is 1.86. The summed E-state index contributed by atoms with van der Waals surface area (Å²) in [7, 11) is 1.86. The van der Waals surface area contributed by atoms with Gasteiger partial charge in [0.05, 0.1) is 5.69 Å². The Morgan fingerprint density at radius 3 is 2.85 bits per heavy atom. The second-order valence-electron chi connectivity index (χ2n) is 6.58. The molecule has 2 saturated carbocycles. The van der Waals surface area contributed by atoms with Gasteiger partial charge in [-0.1, -0.05) is 13.3 Å². The van der Waals surface area contributed by atoms with Crippen LogP contribution in [0, 0.1) is 12.8 Å². The molecule has 4 heteroatoms. The number of nitrogens with zero attached hydrogens (tertiary/aromatic N) is 1. The van der Waals surface area contributed by atoms with Gasteiger partial charge >= 0.3 is 0 Å². The van der Waals surface area contributed by atoms with E-state index < -0.39 is 0 Å². The quantitative estimate of drug-likeness (QED) is 0.898. The number of thiazole rings is 1. The zero-order chi connectivity index (χ0) is 14.2. The smallest absolute Gasteiger partial charge is 0.125 e. The highest BCUT2D eigenvalue weighted by Crippen LogP contribution is 2.44. The van der Waals surface area contributed by atoms with E-state index in [0.29, 0.717) is 0 Å². The molecule has 0 bridgehead atoms. The van der Waals surface area contributed by atoms with E-state index in [2.05, 4.69) is 19.2 Å².